The van der Waals surface area contributed by atoms with Crippen molar-refractivity contribution < 1.29 is 4.74 Å². The van der Waals surface area contributed by atoms with Gasteiger partial charge < -0.3 is 10.1 Å². The van der Waals surface area contributed by atoms with Crippen LogP contribution in [-0.2, 0) is 6.42 Å². The summed E-state index contributed by atoms with van der Waals surface area (Å²) in [4.78, 5) is 0. The van der Waals surface area contributed by atoms with Crippen molar-refractivity contribution in [3.8, 4) is 5.75 Å². The first-order valence-corrected chi connectivity index (χ1v) is 8.30. The van der Waals surface area contributed by atoms with E-state index >= 15 is 0 Å². The maximum atomic E-state index is 6.18. The van der Waals surface area contributed by atoms with Gasteiger partial charge in [-0.15, -0.1) is 0 Å². The Hall–Kier alpha value is -0.730. The summed E-state index contributed by atoms with van der Waals surface area (Å²) in [6.45, 7) is 5.89. The molecule has 3 heteroatoms. The molecule has 2 unspecified atom stereocenters. The van der Waals surface area contributed by atoms with E-state index < -0.39 is 0 Å². The Morgan fingerprint density at radius 1 is 1.33 bits per heavy atom. The van der Waals surface area contributed by atoms with Crippen LogP contribution in [0.1, 0.15) is 38.7 Å². The molecule has 118 valence electrons. The Morgan fingerprint density at radius 2 is 2.10 bits per heavy atom. The van der Waals surface area contributed by atoms with Crippen molar-refractivity contribution in [2.75, 3.05) is 20.7 Å². The van der Waals surface area contributed by atoms with Crippen molar-refractivity contribution in [1.82, 2.24) is 5.32 Å². The molecule has 0 spiro atoms. The van der Waals surface area contributed by atoms with Gasteiger partial charge >= 0.3 is 0 Å². The van der Waals surface area contributed by atoms with Crippen LogP contribution in [0.25, 0.3) is 0 Å². The van der Waals surface area contributed by atoms with E-state index in [2.05, 4.69) is 32.3 Å². The second-order valence-electron chi connectivity index (χ2n) is 7.15. The summed E-state index contributed by atoms with van der Waals surface area (Å²) in [6.07, 6.45) is 4.96. The standard InChI is InChI=1S/C18H28ClNO/c1-18(2)8-7-13(12-20-3)15(11-18)9-14-10-16(19)5-6-17(14)21-4/h5-6,10,13,15,20H,7-9,11-12H2,1-4H3. The summed E-state index contributed by atoms with van der Waals surface area (Å²) < 4.78 is 5.51. The van der Waals surface area contributed by atoms with E-state index in [1.54, 1.807) is 7.11 Å². The third-order valence-electron chi connectivity index (χ3n) is 4.86. The fraction of sp³-hybridized carbons (Fsp3) is 0.667. The lowest BCUT2D eigenvalue weighted by Crippen LogP contribution is -2.36. The fourth-order valence-electron chi connectivity index (χ4n) is 3.75. The highest BCUT2D eigenvalue weighted by Gasteiger charge is 2.34. The average Bonchev–Trinajstić information content (AvgIpc) is 2.42. The highest BCUT2D eigenvalue weighted by molar-refractivity contribution is 6.30. The van der Waals surface area contributed by atoms with Crippen molar-refractivity contribution in [2.24, 2.45) is 17.3 Å². The van der Waals surface area contributed by atoms with Gasteiger partial charge in [0.15, 0.2) is 0 Å². The normalized spacial score (nSPS) is 24.8. The topological polar surface area (TPSA) is 21.3 Å². The largest absolute Gasteiger partial charge is 0.496 e. The van der Waals surface area contributed by atoms with Gasteiger partial charge in [-0.1, -0.05) is 25.4 Å². The van der Waals surface area contributed by atoms with Gasteiger partial charge in [0.1, 0.15) is 5.75 Å². The molecule has 1 saturated carbocycles. The van der Waals surface area contributed by atoms with Crippen molar-refractivity contribution >= 4 is 11.6 Å². The van der Waals surface area contributed by atoms with Crippen molar-refractivity contribution in [3.63, 3.8) is 0 Å². The molecule has 1 aliphatic rings. The second kappa shape index (κ2) is 7.02. The number of benzene rings is 1. The molecule has 1 aliphatic carbocycles. The van der Waals surface area contributed by atoms with E-state index in [4.69, 9.17) is 16.3 Å². The predicted molar refractivity (Wildman–Crippen MR) is 90.2 cm³/mol. The smallest absolute Gasteiger partial charge is 0.122 e. The molecule has 2 nitrogen and oxygen atoms in total. The lowest BCUT2D eigenvalue weighted by atomic mass is 9.65. The molecule has 0 aliphatic heterocycles. The first-order valence-electron chi connectivity index (χ1n) is 7.92. The molecule has 0 heterocycles. The molecular formula is C18H28ClNO. The highest BCUT2D eigenvalue weighted by atomic mass is 35.5. The quantitative estimate of drug-likeness (QED) is 0.861. The van der Waals surface area contributed by atoms with Gasteiger partial charge in [0, 0.05) is 5.02 Å². The van der Waals surface area contributed by atoms with Gasteiger partial charge in [-0.05, 0) is 80.3 Å². The van der Waals surface area contributed by atoms with Crippen LogP contribution in [-0.4, -0.2) is 20.7 Å². The lowest BCUT2D eigenvalue weighted by Gasteiger charge is -2.41. The van der Waals surface area contributed by atoms with Crippen LogP contribution in [0.5, 0.6) is 5.75 Å². The van der Waals surface area contributed by atoms with Gasteiger partial charge in [0.05, 0.1) is 7.11 Å². The maximum absolute atomic E-state index is 6.18. The van der Waals surface area contributed by atoms with Crippen LogP contribution in [0.2, 0.25) is 5.02 Å². The summed E-state index contributed by atoms with van der Waals surface area (Å²) >= 11 is 6.18. The average molecular weight is 310 g/mol. The van der Waals surface area contributed by atoms with E-state index in [0.717, 1.165) is 29.7 Å². The molecule has 2 atom stereocenters. The van der Waals surface area contributed by atoms with Crippen molar-refractivity contribution in [1.29, 1.82) is 0 Å². The second-order valence-corrected chi connectivity index (χ2v) is 7.58. The van der Waals surface area contributed by atoms with Crippen LogP contribution in [0.15, 0.2) is 18.2 Å². The Labute approximate surface area is 134 Å². The minimum Gasteiger partial charge on any atom is -0.496 e. The summed E-state index contributed by atoms with van der Waals surface area (Å²) in [6, 6.07) is 5.96. The van der Waals surface area contributed by atoms with Crippen LogP contribution in [0.3, 0.4) is 0 Å². The molecule has 1 N–H and O–H groups in total. The molecule has 0 radical (unpaired) electrons. The molecule has 1 fully saturated rings. The SMILES string of the molecule is CNCC1CCC(C)(C)CC1Cc1cc(Cl)ccc1OC. The number of hydrogen-bond donors (Lipinski definition) is 1. The Kier molecular flexibility index (Phi) is 5.56. The molecular weight excluding hydrogens is 282 g/mol. The summed E-state index contributed by atoms with van der Waals surface area (Å²) in [5, 5.41) is 4.16. The van der Waals surface area contributed by atoms with Gasteiger partial charge in [0.25, 0.3) is 0 Å². The summed E-state index contributed by atoms with van der Waals surface area (Å²) in [7, 11) is 3.79. The van der Waals surface area contributed by atoms with E-state index in [1.165, 1.54) is 24.8 Å². The number of nitrogens with one attached hydrogen (secondary N) is 1. The molecule has 2 rings (SSSR count). The number of rotatable bonds is 5. The van der Waals surface area contributed by atoms with Gasteiger partial charge in [0.2, 0.25) is 0 Å². The first kappa shape index (κ1) is 16.6. The zero-order chi connectivity index (χ0) is 15.5. The Morgan fingerprint density at radius 3 is 2.76 bits per heavy atom. The minimum absolute atomic E-state index is 0.445. The van der Waals surface area contributed by atoms with E-state index in [0.29, 0.717) is 11.3 Å². The fourth-order valence-corrected chi connectivity index (χ4v) is 3.94. The third-order valence-corrected chi connectivity index (χ3v) is 5.10. The van der Waals surface area contributed by atoms with Crippen LogP contribution < -0.4 is 10.1 Å². The van der Waals surface area contributed by atoms with Gasteiger partial charge in [-0.3, -0.25) is 0 Å². The van der Waals surface area contributed by atoms with Gasteiger partial charge in [-0.25, -0.2) is 0 Å². The van der Waals surface area contributed by atoms with Crippen LogP contribution >= 0.6 is 11.6 Å². The maximum Gasteiger partial charge on any atom is 0.122 e. The Balaban J connectivity index is 2.19. The first-order chi connectivity index (χ1) is 9.95. The Bertz CT molecular complexity index is 472. The third kappa shape index (κ3) is 4.37. The lowest BCUT2D eigenvalue weighted by molar-refractivity contribution is 0.117. The van der Waals surface area contributed by atoms with E-state index in [1.807, 2.05) is 12.1 Å². The number of hydrogen-bond acceptors (Lipinski definition) is 2. The monoisotopic (exact) mass is 309 g/mol. The number of ether oxygens (including phenoxy) is 1. The molecule has 21 heavy (non-hydrogen) atoms. The summed E-state index contributed by atoms with van der Waals surface area (Å²) in [5.41, 5.74) is 1.69. The molecule has 0 amide bonds. The predicted octanol–water partition coefficient (Wildman–Crippen LogP) is 4.55. The van der Waals surface area contributed by atoms with Crippen molar-refractivity contribution in [3.05, 3.63) is 28.8 Å². The summed E-state index contributed by atoms with van der Waals surface area (Å²) in [5.74, 6) is 2.39. The zero-order valence-electron chi connectivity index (χ0n) is 13.7. The van der Waals surface area contributed by atoms with Crippen molar-refractivity contribution in [2.45, 2.75) is 39.5 Å². The molecule has 1 aromatic carbocycles. The van der Waals surface area contributed by atoms with E-state index in [9.17, 15) is 0 Å². The molecule has 0 bridgehead atoms. The van der Waals surface area contributed by atoms with Crippen LogP contribution in [0, 0.1) is 17.3 Å². The van der Waals surface area contributed by atoms with Gasteiger partial charge in [-0.2, -0.15) is 0 Å². The van der Waals surface area contributed by atoms with Crippen LogP contribution in [0.4, 0.5) is 0 Å². The zero-order valence-corrected chi connectivity index (χ0v) is 14.5. The number of halogens is 1. The molecule has 0 saturated heterocycles. The minimum atomic E-state index is 0.445. The number of methoxy groups -OCH3 is 1. The molecule has 0 aromatic heterocycles. The van der Waals surface area contributed by atoms with E-state index in [-0.39, 0.29) is 0 Å². The molecule has 1 aromatic rings. The highest BCUT2D eigenvalue weighted by Crippen LogP contribution is 2.43.